The lowest BCUT2D eigenvalue weighted by atomic mass is 10.2. The second kappa shape index (κ2) is 2.05. The van der Waals surface area contributed by atoms with E-state index >= 15 is 0 Å². The molecule has 51 valence electrons. The summed E-state index contributed by atoms with van der Waals surface area (Å²) in [5.41, 5.74) is -0.400. The Kier molecular flexibility index (Phi) is 1.51. The molecule has 0 saturated carbocycles. The Morgan fingerprint density at radius 1 is 1.33 bits per heavy atom. The van der Waals surface area contributed by atoms with Crippen LogP contribution in [0.15, 0.2) is 11.6 Å². The summed E-state index contributed by atoms with van der Waals surface area (Å²) in [6.45, 7) is 0. The number of hydrogen-bond donors (Lipinski definition) is 0. The zero-order chi connectivity index (χ0) is 6.91. The number of alkyl halides is 3. The van der Waals surface area contributed by atoms with E-state index in [4.69, 9.17) is 0 Å². The fourth-order valence-electron chi connectivity index (χ4n) is 0.784. The van der Waals surface area contributed by atoms with Crippen LogP contribution in [-0.4, -0.2) is 6.18 Å². The Labute approximate surface area is 51.4 Å². The molecule has 0 aliphatic heterocycles. The summed E-state index contributed by atoms with van der Waals surface area (Å²) >= 11 is 0. The van der Waals surface area contributed by atoms with Crippen molar-refractivity contribution in [1.82, 2.24) is 0 Å². The van der Waals surface area contributed by atoms with Crippen molar-refractivity contribution in [2.75, 3.05) is 0 Å². The second-order valence-electron chi connectivity index (χ2n) is 1.96. The van der Waals surface area contributed by atoms with Crippen LogP contribution in [0.3, 0.4) is 0 Å². The largest absolute Gasteiger partial charge is 0.412 e. The van der Waals surface area contributed by atoms with Crippen LogP contribution in [0, 0.1) is 6.42 Å². The van der Waals surface area contributed by atoms with E-state index in [1.165, 1.54) is 0 Å². The van der Waals surface area contributed by atoms with Crippen molar-refractivity contribution in [2.24, 2.45) is 0 Å². The smallest absolute Gasteiger partial charge is 0.166 e. The van der Waals surface area contributed by atoms with Gasteiger partial charge in [0.05, 0.1) is 0 Å². The molecule has 0 nitrogen and oxygen atoms in total. The van der Waals surface area contributed by atoms with E-state index < -0.39 is 11.7 Å². The molecule has 0 spiro atoms. The Bertz CT molecular complexity index is 132. The maximum absolute atomic E-state index is 11.7. The number of allylic oxidation sites excluding steroid dienone is 2. The van der Waals surface area contributed by atoms with Gasteiger partial charge >= 0.3 is 6.18 Å². The van der Waals surface area contributed by atoms with Crippen molar-refractivity contribution in [3.8, 4) is 0 Å². The molecule has 1 rings (SSSR count). The molecule has 3 heteroatoms. The maximum Gasteiger partial charge on any atom is 0.412 e. The molecular weight excluding hydrogens is 129 g/mol. The maximum atomic E-state index is 11.7. The van der Waals surface area contributed by atoms with Crippen LogP contribution in [0.5, 0.6) is 0 Å². The third-order valence-electron chi connectivity index (χ3n) is 1.26. The molecule has 1 aliphatic rings. The highest BCUT2D eigenvalue weighted by atomic mass is 19.4. The van der Waals surface area contributed by atoms with Crippen LogP contribution in [0.25, 0.3) is 0 Å². The van der Waals surface area contributed by atoms with E-state index in [-0.39, 0.29) is 6.42 Å². The van der Waals surface area contributed by atoms with E-state index in [0.717, 1.165) is 6.08 Å². The Balaban J connectivity index is 2.61. The predicted octanol–water partition coefficient (Wildman–Crippen LogP) is 2.47. The van der Waals surface area contributed by atoms with E-state index in [1.807, 2.05) is 0 Å². The number of hydrogen-bond acceptors (Lipinski definition) is 0. The molecule has 0 bridgehead atoms. The molecule has 0 unspecified atom stereocenters. The van der Waals surface area contributed by atoms with Gasteiger partial charge in [-0.25, -0.2) is 0 Å². The standard InChI is InChI=1S/C6H6F3/c7-6(8,9)5-3-1-2-4-5/h1,3H,2,4H2. The highest BCUT2D eigenvalue weighted by Gasteiger charge is 2.34. The first-order valence-electron chi connectivity index (χ1n) is 2.70. The van der Waals surface area contributed by atoms with Gasteiger partial charge in [0.2, 0.25) is 0 Å². The molecule has 0 fully saturated rings. The van der Waals surface area contributed by atoms with Gasteiger partial charge < -0.3 is 0 Å². The summed E-state index contributed by atoms with van der Waals surface area (Å²) in [5, 5.41) is 0. The monoisotopic (exact) mass is 135 g/mol. The quantitative estimate of drug-likeness (QED) is 0.478. The highest BCUT2D eigenvalue weighted by molar-refractivity contribution is 5.19. The van der Waals surface area contributed by atoms with Crippen molar-refractivity contribution in [1.29, 1.82) is 0 Å². The topological polar surface area (TPSA) is 0 Å². The molecule has 1 aliphatic carbocycles. The van der Waals surface area contributed by atoms with Crippen LogP contribution in [0.2, 0.25) is 0 Å². The molecule has 0 heterocycles. The average Bonchev–Trinajstić information content (AvgIpc) is 2.08. The Morgan fingerprint density at radius 3 is 2.22 bits per heavy atom. The van der Waals surface area contributed by atoms with E-state index in [0.29, 0.717) is 6.42 Å². The van der Waals surface area contributed by atoms with E-state index in [1.54, 1.807) is 6.42 Å². The molecule has 0 atom stereocenters. The fraction of sp³-hybridized carbons (Fsp3) is 0.500. The summed E-state index contributed by atoms with van der Waals surface area (Å²) in [6, 6.07) is 0. The fourth-order valence-corrected chi connectivity index (χ4v) is 0.784. The van der Waals surface area contributed by atoms with E-state index in [2.05, 4.69) is 0 Å². The van der Waals surface area contributed by atoms with Crippen LogP contribution < -0.4 is 0 Å². The summed E-state index contributed by atoms with van der Waals surface area (Å²) in [5.74, 6) is 0. The van der Waals surface area contributed by atoms with E-state index in [9.17, 15) is 13.2 Å². The number of halogens is 3. The first-order valence-corrected chi connectivity index (χ1v) is 2.70. The third kappa shape index (κ3) is 1.47. The zero-order valence-electron chi connectivity index (χ0n) is 4.70. The van der Waals surface area contributed by atoms with Gasteiger partial charge in [0.25, 0.3) is 0 Å². The minimum Gasteiger partial charge on any atom is -0.166 e. The van der Waals surface area contributed by atoms with Gasteiger partial charge in [-0.15, -0.1) is 0 Å². The van der Waals surface area contributed by atoms with Crippen LogP contribution in [-0.2, 0) is 0 Å². The van der Waals surface area contributed by atoms with Crippen molar-refractivity contribution in [3.63, 3.8) is 0 Å². The van der Waals surface area contributed by atoms with Crippen molar-refractivity contribution in [3.05, 3.63) is 18.1 Å². The molecule has 9 heavy (non-hydrogen) atoms. The summed E-state index contributed by atoms with van der Waals surface area (Å²) in [7, 11) is 0. The van der Waals surface area contributed by atoms with Crippen molar-refractivity contribution in [2.45, 2.75) is 19.0 Å². The van der Waals surface area contributed by atoms with Gasteiger partial charge in [-0.2, -0.15) is 13.2 Å². The molecular formula is C6H6F3. The van der Waals surface area contributed by atoms with Crippen LogP contribution >= 0.6 is 0 Å². The van der Waals surface area contributed by atoms with Crippen LogP contribution in [0.4, 0.5) is 13.2 Å². The van der Waals surface area contributed by atoms with Crippen molar-refractivity contribution < 1.29 is 13.2 Å². The molecule has 0 N–H and O–H groups in total. The second-order valence-corrected chi connectivity index (χ2v) is 1.96. The molecule has 0 aromatic carbocycles. The molecule has 0 amide bonds. The minimum absolute atomic E-state index is 0.156. The van der Waals surface area contributed by atoms with Crippen molar-refractivity contribution >= 4 is 0 Å². The molecule has 0 aromatic heterocycles. The number of rotatable bonds is 0. The third-order valence-corrected chi connectivity index (χ3v) is 1.26. The summed E-state index contributed by atoms with van der Waals surface area (Å²) < 4.78 is 35.0. The highest BCUT2D eigenvalue weighted by Crippen LogP contribution is 2.33. The lowest BCUT2D eigenvalue weighted by Gasteiger charge is -2.04. The first kappa shape index (κ1) is 6.65. The molecule has 1 radical (unpaired) electrons. The Hall–Kier alpha value is -0.470. The lowest BCUT2D eigenvalue weighted by Crippen LogP contribution is -2.09. The minimum atomic E-state index is -4.09. The SMILES string of the molecule is FC(F)(F)C1=C[CH]CC1. The average molecular weight is 135 g/mol. The zero-order valence-corrected chi connectivity index (χ0v) is 4.70. The first-order chi connectivity index (χ1) is 4.11. The van der Waals surface area contributed by atoms with Gasteiger partial charge in [-0.3, -0.25) is 0 Å². The Morgan fingerprint density at radius 2 is 2.00 bits per heavy atom. The van der Waals surface area contributed by atoms with Gasteiger partial charge in [0.1, 0.15) is 0 Å². The van der Waals surface area contributed by atoms with Gasteiger partial charge in [-0.1, -0.05) is 6.08 Å². The van der Waals surface area contributed by atoms with Crippen LogP contribution in [0.1, 0.15) is 12.8 Å². The normalized spacial score (nSPS) is 20.1. The molecule has 0 saturated heterocycles. The molecule has 0 aromatic rings. The summed E-state index contributed by atoms with van der Waals surface area (Å²) in [6.07, 6.45) is -0.700. The predicted molar refractivity (Wildman–Crippen MR) is 27.7 cm³/mol. The van der Waals surface area contributed by atoms with Gasteiger partial charge in [-0.05, 0) is 19.3 Å². The van der Waals surface area contributed by atoms with Gasteiger partial charge in [0, 0.05) is 5.57 Å². The van der Waals surface area contributed by atoms with Gasteiger partial charge in [0.15, 0.2) is 0 Å². The lowest BCUT2D eigenvalue weighted by molar-refractivity contribution is -0.0931. The summed E-state index contributed by atoms with van der Waals surface area (Å²) in [4.78, 5) is 0.